The van der Waals surface area contributed by atoms with Crippen molar-refractivity contribution < 1.29 is 4.79 Å². The van der Waals surface area contributed by atoms with Gasteiger partial charge in [0, 0.05) is 18.0 Å². The number of benzene rings is 1. The van der Waals surface area contributed by atoms with E-state index in [9.17, 15) is 9.59 Å². The van der Waals surface area contributed by atoms with Crippen molar-refractivity contribution in [3.8, 4) is 0 Å². The Morgan fingerprint density at radius 3 is 2.76 bits per heavy atom. The Labute approximate surface area is 127 Å². The first-order chi connectivity index (χ1) is 9.75. The molecule has 1 saturated heterocycles. The van der Waals surface area contributed by atoms with Crippen LogP contribution in [0.1, 0.15) is 23.3 Å². The SMILES string of the molecule is Cl.O=C(N[C@H]1CCCNC1)c1n[nH]c(=O)c2ccccc12. The maximum Gasteiger partial charge on any atom is 0.272 e. The van der Waals surface area contributed by atoms with Gasteiger partial charge >= 0.3 is 0 Å². The van der Waals surface area contributed by atoms with E-state index in [1.54, 1.807) is 24.3 Å². The van der Waals surface area contributed by atoms with Crippen molar-refractivity contribution in [1.29, 1.82) is 0 Å². The minimum atomic E-state index is -0.281. The Hall–Kier alpha value is -1.92. The van der Waals surface area contributed by atoms with Crippen LogP contribution in [0.3, 0.4) is 0 Å². The molecule has 1 aliphatic heterocycles. The third-order valence-corrected chi connectivity index (χ3v) is 3.54. The summed E-state index contributed by atoms with van der Waals surface area (Å²) < 4.78 is 0. The first kappa shape index (κ1) is 15.5. The molecular formula is C14H17ClN4O2. The molecule has 1 aliphatic rings. The Morgan fingerprint density at radius 2 is 2.05 bits per heavy atom. The van der Waals surface area contributed by atoms with Gasteiger partial charge in [0.2, 0.25) is 0 Å². The molecule has 0 bridgehead atoms. The Balaban J connectivity index is 0.00000161. The monoisotopic (exact) mass is 308 g/mol. The number of rotatable bonds is 2. The van der Waals surface area contributed by atoms with Crippen molar-refractivity contribution in [2.75, 3.05) is 13.1 Å². The summed E-state index contributed by atoms with van der Waals surface area (Å²) in [5.74, 6) is -0.244. The summed E-state index contributed by atoms with van der Waals surface area (Å²) in [6.45, 7) is 1.76. The van der Waals surface area contributed by atoms with E-state index in [0.29, 0.717) is 10.8 Å². The fourth-order valence-corrected chi connectivity index (χ4v) is 2.52. The van der Waals surface area contributed by atoms with E-state index in [4.69, 9.17) is 0 Å². The minimum absolute atomic E-state index is 0. The zero-order valence-corrected chi connectivity index (χ0v) is 12.2. The van der Waals surface area contributed by atoms with Crippen molar-refractivity contribution in [2.24, 2.45) is 0 Å². The van der Waals surface area contributed by atoms with Crippen molar-refractivity contribution in [2.45, 2.75) is 18.9 Å². The average Bonchev–Trinajstić information content (AvgIpc) is 2.49. The standard InChI is InChI=1S/C14H16N4O2.ClH/c19-13-11-6-2-1-5-10(11)12(17-18-13)14(20)16-9-4-3-7-15-8-9;/h1-2,5-6,9,15H,3-4,7-8H2,(H,16,20)(H,18,19);1H/t9-;/m0./s1. The lowest BCUT2D eigenvalue weighted by Crippen LogP contribution is -2.46. The summed E-state index contributed by atoms with van der Waals surface area (Å²) in [6, 6.07) is 7.11. The molecular weight excluding hydrogens is 292 g/mol. The molecule has 1 atom stereocenters. The lowest BCUT2D eigenvalue weighted by Gasteiger charge is -2.23. The number of carbonyl (C=O) groups is 1. The van der Waals surface area contributed by atoms with E-state index in [-0.39, 0.29) is 35.6 Å². The topological polar surface area (TPSA) is 86.9 Å². The van der Waals surface area contributed by atoms with Crippen LogP contribution in [-0.2, 0) is 0 Å². The van der Waals surface area contributed by atoms with Crippen LogP contribution < -0.4 is 16.2 Å². The van der Waals surface area contributed by atoms with Crippen LogP contribution in [0.5, 0.6) is 0 Å². The minimum Gasteiger partial charge on any atom is -0.347 e. The second-order valence-electron chi connectivity index (χ2n) is 4.96. The van der Waals surface area contributed by atoms with E-state index in [2.05, 4.69) is 20.8 Å². The normalized spacial score (nSPS) is 18.0. The van der Waals surface area contributed by atoms with Crippen molar-refractivity contribution >= 4 is 29.1 Å². The second-order valence-corrected chi connectivity index (χ2v) is 4.96. The predicted molar refractivity (Wildman–Crippen MR) is 83.0 cm³/mol. The highest BCUT2D eigenvalue weighted by atomic mass is 35.5. The lowest BCUT2D eigenvalue weighted by atomic mass is 10.1. The molecule has 1 fully saturated rings. The number of halogens is 1. The van der Waals surface area contributed by atoms with Crippen LogP contribution in [0.25, 0.3) is 10.8 Å². The van der Waals surface area contributed by atoms with Crippen LogP contribution in [-0.4, -0.2) is 35.2 Å². The number of aromatic amines is 1. The first-order valence-corrected chi connectivity index (χ1v) is 6.75. The number of nitrogens with zero attached hydrogens (tertiary/aromatic N) is 1. The van der Waals surface area contributed by atoms with Gasteiger partial charge in [0.15, 0.2) is 5.69 Å². The average molecular weight is 309 g/mol. The number of hydrogen-bond donors (Lipinski definition) is 3. The molecule has 7 heteroatoms. The van der Waals surface area contributed by atoms with E-state index >= 15 is 0 Å². The van der Waals surface area contributed by atoms with E-state index in [1.165, 1.54) is 0 Å². The maximum atomic E-state index is 12.3. The van der Waals surface area contributed by atoms with Gasteiger partial charge in [0.05, 0.1) is 5.39 Å². The van der Waals surface area contributed by atoms with Gasteiger partial charge in [-0.05, 0) is 25.5 Å². The molecule has 0 spiro atoms. The Kier molecular flexibility index (Phi) is 4.93. The molecule has 1 amide bonds. The van der Waals surface area contributed by atoms with Gasteiger partial charge < -0.3 is 10.6 Å². The second kappa shape index (κ2) is 6.69. The highest BCUT2D eigenvalue weighted by molar-refractivity contribution is 6.04. The summed E-state index contributed by atoms with van der Waals surface area (Å²) in [7, 11) is 0. The van der Waals surface area contributed by atoms with Gasteiger partial charge in [-0.2, -0.15) is 5.10 Å². The molecule has 1 aromatic heterocycles. The molecule has 0 saturated carbocycles. The maximum absolute atomic E-state index is 12.3. The first-order valence-electron chi connectivity index (χ1n) is 6.75. The molecule has 0 unspecified atom stereocenters. The lowest BCUT2D eigenvalue weighted by molar-refractivity contribution is 0.0926. The van der Waals surface area contributed by atoms with Crippen molar-refractivity contribution in [1.82, 2.24) is 20.8 Å². The fraction of sp³-hybridized carbons (Fsp3) is 0.357. The van der Waals surface area contributed by atoms with Gasteiger partial charge in [0.1, 0.15) is 0 Å². The highest BCUT2D eigenvalue weighted by Crippen LogP contribution is 2.12. The number of piperidine rings is 1. The number of amides is 1. The summed E-state index contributed by atoms with van der Waals surface area (Å²) >= 11 is 0. The molecule has 3 rings (SSSR count). The smallest absolute Gasteiger partial charge is 0.272 e. The summed E-state index contributed by atoms with van der Waals surface area (Å²) in [4.78, 5) is 24.0. The predicted octanol–water partition coefficient (Wildman–Crippen LogP) is 0.827. The molecule has 0 aliphatic carbocycles. The zero-order valence-electron chi connectivity index (χ0n) is 11.4. The Morgan fingerprint density at radius 1 is 1.29 bits per heavy atom. The summed E-state index contributed by atoms with van der Waals surface area (Å²) in [5, 5.41) is 13.5. The van der Waals surface area contributed by atoms with Crippen LogP contribution in [0.4, 0.5) is 0 Å². The molecule has 1 aromatic carbocycles. The number of hydrogen-bond acceptors (Lipinski definition) is 4. The summed E-state index contributed by atoms with van der Waals surface area (Å²) in [5.41, 5.74) is -0.0118. The molecule has 2 heterocycles. The van der Waals surface area contributed by atoms with Gasteiger partial charge in [-0.15, -0.1) is 12.4 Å². The van der Waals surface area contributed by atoms with Gasteiger partial charge in [-0.1, -0.05) is 18.2 Å². The molecule has 21 heavy (non-hydrogen) atoms. The molecule has 3 N–H and O–H groups in total. The Bertz CT molecular complexity index is 695. The highest BCUT2D eigenvalue weighted by Gasteiger charge is 2.19. The number of aromatic nitrogens is 2. The molecule has 2 aromatic rings. The van der Waals surface area contributed by atoms with Gasteiger partial charge in [0.25, 0.3) is 11.5 Å². The third kappa shape index (κ3) is 3.22. The van der Waals surface area contributed by atoms with Crippen LogP contribution in [0, 0.1) is 0 Å². The van der Waals surface area contributed by atoms with Gasteiger partial charge in [-0.25, -0.2) is 5.10 Å². The van der Waals surface area contributed by atoms with Crippen molar-refractivity contribution in [3.63, 3.8) is 0 Å². The third-order valence-electron chi connectivity index (χ3n) is 3.54. The summed E-state index contributed by atoms with van der Waals surface area (Å²) in [6.07, 6.45) is 2.00. The zero-order chi connectivity index (χ0) is 13.9. The van der Waals surface area contributed by atoms with Crippen LogP contribution in [0.2, 0.25) is 0 Å². The molecule has 6 nitrogen and oxygen atoms in total. The van der Waals surface area contributed by atoms with Crippen LogP contribution >= 0.6 is 12.4 Å². The molecule has 112 valence electrons. The largest absolute Gasteiger partial charge is 0.347 e. The number of fused-ring (bicyclic) bond motifs is 1. The van der Waals surface area contributed by atoms with Gasteiger partial charge in [-0.3, -0.25) is 9.59 Å². The molecule has 0 radical (unpaired) electrons. The van der Waals surface area contributed by atoms with Crippen LogP contribution in [0.15, 0.2) is 29.1 Å². The number of H-pyrrole nitrogens is 1. The van der Waals surface area contributed by atoms with E-state index in [0.717, 1.165) is 25.9 Å². The fourth-order valence-electron chi connectivity index (χ4n) is 2.52. The number of nitrogens with one attached hydrogen (secondary N) is 3. The number of carbonyl (C=O) groups excluding carboxylic acids is 1. The van der Waals surface area contributed by atoms with E-state index < -0.39 is 0 Å². The van der Waals surface area contributed by atoms with E-state index in [1.807, 2.05) is 0 Å². The quantitative estimate of drug-likeness (QED) is 0.767. The van der Waals surface area contributed by atoms with Crippen molar-refractivity contribution in [3.05, 3.63) is 40.3 Å².